The van der Waals surface area contributed by atoms with Crippen molar-refractivity contribution in [3.8, 4) is 11.4 Å². The highest BCUT2D eigenvalue weighted by atomic mass is 35.5. The van der Waals surface area contributed by atoms with Crippen LogP contribution in [0.15, 0.2) is 30.3 Å². The molecule has 1 amide bonds. The molecule has 3 heterocycles. The van der Waals surface area contributed by atoms with Crippen molar-refractivity contribution in [3.05, 3.63) is 46.7 Å². The molecule has 27 heavy (non-hydrogen) atoms. The molecule has 5 nitrogen and oxygen atoms in total. The van der Waals surface area contributed by atoms with Crippen LogP contribution in [-0.2, 0) is 10.4 Å². The molecule has 2 aromatic rings. The summed E-state index contributed by atoms with van der Waals surface area (Å²) in [6, 6.07) is 8.39. The Morgan fingerprint density at radius 1 is 1.19 bits per heavy atom. The van der Waals surface area contributed by atoms with E-state index in [1.165, 1.54) is 0 Å². The van der Waals surface area contributed by atoms with Crippen molar-refractivity contribution in [2.24, 2.45) is 0 Å². The van der Waals surface area contributed by atoms with E-state index in [1.54, 1.807) is 34.9 Å². The van der Waals surface area contributed by atoms with Gasteiger partial charge in [-0.1, -0.05) is 11.6 Å². The molecule has 0 saturated carbocycles. The lowest BCUT2D eigenvalue weighted by atomic mass is 9.86. The highest BCUT2D eigenvalue weighted by Gasteiger charge is 2.49. The Hall–Kier alpha value is -2.48. The lowest BCUT2D eigenvalue weighted by Crippen LogP contribution is -2.52. The van der Waals surface area contributed by atoms with E-state index in [2.05, 4.69) is 0 Å². The summed E-state index contributed by atoms with van der Waals surface area (Å²) in [4.78, 5) is 23.8. The molecule has 0 aliphatic carbocycles. The first kappa shape index (κ1) is 17.9. The van der Waals surface area contributed by atoms with Crippen LogP contribution in [0.3, 0.4) is 0 Å². The number of carbonyl (C=O) groups is 2. The van der Waals surface area contributed by atoms with Gasteiger partial charge in [-0.05, 0) is 24.3 Å². The zero-order valence-corrected chi connectivity index (χ0v) is 14.7. The first-order valence-electron chi connectivity index (χ1n) is 8.28. The molecule has 1 aromatic carbocycles. The maximum atomic E-state index is 12.7. The van der Waals surface area contributed by atoms with Crippen LogP contribution >= 0.6 is 11.6 Å². The number of fused-ring (bicyclic) bond motifs is 4. The Labute approximate surface area is 157 Å². The smallest absolute Gasteiger partial charge is 0.471 e. The minimum atomic E-state index is -4.90. The van der Waals surface area contributed by atoms with Crippen LogP contribution in [-0.4, -0.2) is 40.9 Å². The number of benzene rings is 1. The lowest BCUT2D eigenvalue weighted by Gasteiger charge is -2.45. The predicted molar refractivity (Wildman–Crippen MR) is 90.3 cm³/mol. The highest BCUT2D eigenvalue weighted by Crippen LogP contribution is 2.46. The Bertz CT molecular complexity index is 930. The van der Waals surface area contributed by atoms with Gasteiger partial charge < -0.3 is 14.2 Å². The number of amides is 1. The monoisotopic (exact) mass is 398 g/mol. The van der Waals surface area contributed by atoms with Crippen LogP contribution in [0.4, 0.5) is 13.2 Å². The number of rotatable bonds is 1. The number of aromatic nitrogens is 1. The molecule has 1 fully saturated rings. The maximum absolute atomic E-state index is 12.7. The predicted octanol–water partition coefficient (Wildman–Crippen LogP) is 3.72. The molecule has 1 aromatic heterocycles. The minimum absolute atomic E-state index is 0.101. The second kappa shape index (κ2) is 6.02. The zero-order valence-electron chi connectivity index (χ0n) is 13.9. The van der Waals surface area contributed by atoms with E-state index < -0.39 is 17.7 Å². The molecular formula is C18H14ClF3N2O3. The summed E-state index contributed by atoms with van der Waals surface area (Å²) in [7, 11) is 0. The van der Waals surface area contributed by atoms with E-state index in [-0.39, 0.29) is 25.9 Å². The first-order valence-corrected chi connectivity index (χ1v) is 8.65. The van der Waals surface area contributed by atoms with Crippen molar-refractivity contribution in [1.82, 2.24) is 9.47 Å². The summed E-state index contributed by atoms with van der Waals surface area (Å²) >= 11 is 6.06. The van der Waals surface area contributed by atoms with Gasteiger partial charge in [-0.15, -0.1) is 0 Å². The normalized spacial score (nSPS) is 17.9. The van der Waals surface area contributed by atoms with Gasteiger partial charge in [0.15, 0.2) is 11.9 Å². The molecule has 142 valence electrons. The van der Waals surface area contributed by atoms with Crippen LogP contribution in [0, 0.1) is 0 Å². The summed E-state index contributed by atoms with van der Waals surface area (Å²) in [6.07, 6.45) is -3.85. The van der Waals surface area contributed by atoms with Crippen LogP contribution in [0.5, 0.6) is 5.75 Å². The fraction of sp³-hybridized carbons (Fsp3) is 0.333. The Kier molecular flexibility index (Phi) is 3.99. The minimum Gasteiger partial charge on any atom is -0.479 e. The summed E-state index contributed by atoms with van der Waals surface area (Å²) in [5.41, 5.74) is 0.797. The number of aldehydes is 1. The summed E-state index contributed by atoms with van der Waals surface area (Å²) in [6.45, 7) is -0.203. The number of carbonyl (C=O) groups excluding carboxylic acids is 2. The molecule has 0 bridgehead atoms. The average molecular weight is 399 g/mol. The molecule has 0 N–H and O–H groups in total. The van der Waals surface area contributed by atoms with Crippen molar-refractivity contribution in [1.29, 1.82) is 0 Å². The summed E-state index contributed by atoms with van der Waals surface area (Å²) in [5.74, 6) is -1.40. The molecule has 1 saturated heterocycles. The second-order valence-corrected chi connectivity index (χ2v) is 7.03. The number of piperidine rings is 1. The number of hydrogen-bond donors (Lipinski definition) is 0. The molecule has 2 aliphatic rings. The third-order valence-corrected chi connectivity index (χ3v) is 5.30. The van der Waals surface area contributed by atoms with E-state index in [0.29, 0.717) is 34.1 Å². The molecule has 2 aliphatic heterocycles. The van der Waals surface area contributed by atoms with E-state index >= 15 is 0 Å². The van der Waals surface area contributed by atoms with Crippen LogP contribution in [0.2, 0.25) is 5.02 Å². The fourth-order valence-electron chi connectivity index (χ4n) is 3.79. The van der Waals surface area contributed by atoms with E-state index in [1.807, 2.05) is 0 Å². The van der Waals surface area contributed by atoms with Crippen molar-refractivity contribution in [2.45, 2.75) is 24.6 Å². The third kappa shape index (κ3) is 2.79. The molecule has 0 unspecified atom stereocenters. The van der Waals surface area contributed by atoms with Gasteiger partial charge >= 0.3 is 12.1 Å². The van der Waals surface area contributed by atoms with E-state index in [4.69, 9.17) is 16.3 Å². The fourth-order valence-corrected chi connectivity index (χ4v) is 3.96. The largest absolute Gasteiger partial charge is 0.479 e. The van der Waals surface area contributed by atoms with Gasteiger partial charge in [0.05, 0.1) is 17.1 Å². The quantitative estimate of drug-likeness (QED) is 0.688. The van der Waals surface area contributed by atoms with E-state index in [9.17, 15) is 22.8 Å². The molecule has 9 heteroatoms. The Morgan fingerprint density at radius 3 is 2.52 bits per heavy atom. The molecular weight excluding hydrogens is 385 g/mol. The first-order chi connectivity index (χ1) is 12.7. The van der Waals surface area contributed by atoms with Gasteiger partial charge in [0.2, 0.25) is 0 Å². The molecule has 4 rings (SSSR count). The number of alkyl halides is 3. The van der Waals surface area contributed by atoms with Crippen LogP contribution in [0.25, 0.3) is 5.69 Å². The average Bonchev–Trinajstić information content (AvgIpc) is 3.06. The van der Waals surface area contributed by atoms with Gasteiger partial charge in [0.1, 0.15) is 5.75 Å². The highest BCUT2D eigenvalue weighted by molar-refractivity contribution is 6.30. The number of ether oxygens (including phenoxy) is 1. The lowest BCUT2D eigenvalue weighted by molar-refractivity contribution is -0.188. The molecule has 0 atom stereocenters. The Balaban J connectivity index is 1.73. The third-order valence-electron chi connectivity index (χ3n) is 5.07. The topological polar surface area (TPSA) is 51.5 Å². The van der Waals surface area contributed by atoms with Crippen molar-refractivity contribution < 1.29 is 27.5 Å². The zero-order chi connectivity index (χ0) is 19.4. The standard InChI is InChI=1S/C18H14ClF3N2O3/c19-11-1-3-13-14(9-11)27-17(15-4-2-12(10-25)24(13)15)5-7-23(8-6-17)16(26)18(20,21)22/h1-4,9-10H,5-8H2. The Morgan fingerprint density at radius 2 is 1.89 bits per heavy atom. The van der Waals surface area contributed by atoms with Crippen molar-refractivity contribution in [2.75, 3.05) is 13.1 Å². The summed E-state index contributed by atoms with van der Waals surface area (Å²) in [5, 5.41) is 0.442. The van der Waals surface area contributed by atoms with Gasteiger partial charge in [0.25, 0.3) is 0 Å². The number of halogens is 4. The number of likely N-dealkylation sites (tertiary alicyclic amines) is 1. The van der Waals surface area contributed by atoms with Crippen molar-refractivity contribution >= 4 is 23.8 Å². The maximum Gasteiger partial charge on any atom is 0.471 e. The number of nitrogens with zero attached hydrogens (tertiary/aromatic N) is 2. The molecule has 0 radical (unpaired) electrons. The summed E-state index contributed by atoms with van der Waals surface area (Å²) < 4.78 is 46.1. The van der Waals surface area contributed by atoms with E-state index in [0.717, 1.165) is 4.90 Å². The molecule has 1 spiro atoms. The second-order valence-electron chi connectivity index (χ2n) is 6.60. The SMILES string of the molecule is O=Cc1ccc2n1-c1ccc(Cl)cc1OC21CCN(C(=O)C(F)(F)F)CC1. The van der Waals surface area contributed by atoms with Crippen LogP contribution < -0.4 is 4.74 Å². The van der Waals surface area contributed by atoms with Gasteiger partial charge in [0, 0.05) is 37.0 Å². The number of hydrogen-bond acceptors (Lipinski definition) is 3. The van der Waals surface area contributed by atoms with Crippen LogP contribution in [0.1, 0.15) is 29.0 Å². The van der Waals surface area contributed by atoms with Gasteiger partial charge in [-0.25, -0.2) is 0 Å². The van der Waals surface area contributed by atoms with Crippen molar-refractivity contribution in [3.63, 3.8) is 0 Å². The van der Waals surface area contributed by atoms with Gasteiger partial charge in [-0.2, -0.15) is 13.2 Å². The van der Waals surface area contributed by atoms with Gasteiger partial charge in [-0.3, -0.25) is 9.59 Å².